The first-order valence-corrected chi connectivity index (χ1v) is 8.20. The highest BCUT2D eigenvalue weighted by atomic mass is 35.5. The predicted molar refractivity (Wildman–Crippen MR) is 83.8 cm³/mol. The molecule has 2 amide bonds. The Labute approximate surface area is 130 Å². The summed E-state index contributed by atoms with van der Waals surface area (Å²) in [6.45, 7) is 2.47. The average molecular weight is 322 g/mol. The van der Waals surface area contributed by atoms with Crippen molar-refractivity contribution < 1.29 is 9.59 Å². The van der Waals surface area contributed by atoms with Gasteiger partial charge in [0.2, 0.25) is 11.8 Å². The van der Waals surface area contributed by atoms with E-state index in [1.165, 1.54) is 0 Å². The van der Waals surface area contributed by atoms with Gasteiger partial charge in [-0.25, -0.2) is 0 Å². The molecule has 2 fully saturated rings. The molecule has 20 heavy (non-hydrogen) atoms. The van der Waals surface area contributed by atoms with E-state index in [-0.39, 0.29) is 36.3 Å². The third-order valence-corrected chi connectivity index (χ3v) is 4.75. The average Bonchev–Trinajstić information content (AvgIpc) is 3.11. The Kier molecular flexibility index (Phi) is 7.12. The van der Waals surface area contributed by atoms with E-state index in [4.69, 9.17) is 5.73 Å². The van der Waals surface area contributed by atoms with E-state index in [2.05, 4.69) is 5.32 Å². The van der Waals surface area contributed by atoms with Crippen LogP contribution in [-0.2, 0) is 9.59 Å². The topological polar surface area (TPSA) is 75.4 Å². The van der Waals surface area contributed by atoms with Gasteiger partial charge in [-0.15, -0.1) is 24.2 Å². The van der Waals surface area contributed by atoms with Crippen LogP contribution in [0.3, 0.4) is 0 Å². The molecule has 1 saturated heterocycles. The number of hydrogen-bond acceptors (Lipinski definition) is 4. The second-order valence-corrected chi connectivity index (χ2v) is 6.32. The van der Waals surface area contributed by atoms with E-state index < -0.39 is 0 Å². The van der Waals surface area contributed by atoms with E-state index in [0.717, 1.165) is 19.3 Å². The highest BCUT2D eigenvalue weighted by Crippen LogP contribution is 2.32. The van der Waals surface area contributed by atoms with Gasteiger partial charge in [-0.2, -0.15) is 0 Å². The van der Waals surface area contributed by atoms with Gasteiger partial charge in [0.05, 0.1) is 5.88 Å². The van der Waals surface area contributed by atoms with Gasteiger partial charge in [0.1, 0.15) is 6.04 Å². The number of carbonyl (C=O) groups is 2. The van der Waals surface area contributed by atoms with Crippen molar-refractivity contribution in [2.24, 2.45) is 11.7 Å². The van der Waals surface area contributed by atoms with Crippen molar-refractivity contribution in [2.45, 2.75) is 44.7 Å². The number of nitrogens with two attached hydrogens (primary N) is 1. The maximum Gasteiger partial charge on any atom is 0.243 e. The fourth-order valence-electron chi connectivity index (χ4n) is 2.41. The van der Waals surface area contributed by atoms with Crippen molar-refractivity contribution in [1.82, 2.24) is 10.2 Å². The molecule has 1 heterocycles. The molecule has 0 spiro atoms. The lowest BCUT2D eigenvalue weighted by Gasteiger charge is -2.25. The normalized spacial score (nSPS) is 23.1. The molecule has 2 atom stereocenters. The van der Waals surface area contributed by atoms with E-state index in [1.54, 1.807) is 16.7 Å². The third kappa shape index (κ3) is 4.27. The summed E-state index contributed by atoms with van der Waals surface area (Å²) in [6, 6.07) is -0.224. The SMILES string of the molecule is CCCC(=O)N1CSCC1C(=O)NC(CN)C1CC1.Cl. The fraction of sp³-hybridized carbons (Fsp3) is 0.846. The van der Waals surface area contributed by atoms with Crippen LogP contribution < -0.4 is 11.1 Å². The molecular formula is C13H24ClN3O2S. The standard InChI is InChI=1S/C13H23N3O2S.ClH/c1-2-3-12(17)16-8-19-7-11(16)13(18)15-10(6-14)9-4-5-9;/h9-11H,2-8,14H2,1H3,(H,15,18);1H. The minimum absolute atomic E-state index is 0. The van der Waals surface area contributed by atoms with Gasteiger partial charge in [0.15, 0.2) is 0 Å². The van der Waals surface area contributed by atoms with Gasteiger partial charge in [-0.05, 0) is 25.2 Å². The lowest BCUT2D eigenvalue weighted by Crippen LogP contribution is -2.52. The number of thioether (sulfide) groups is 1. The molecule has 2 aliphatic rings. The Balaban J connectivity index is 0.00000200. The van der Waals surface area contributed by atoms with Crippen LogP contribution in [-0.4, -0.2) is 47.0 Å². The molecule has 1 aliphatic heterocycles. The zero-order valence-electron chi connectivity index (χ0n) is 11.8. The number of carbonyl (C=O) groups excluding carboxylic acids is 2. The molecule has 2 rings (SSSR count). The van der Waals surface area contributed by atoms with Crippen molar-refractivity contribution in [3.8, 4) is 0 Å². The molecule has 3 N–H and O–H groups in total. The van der Waals surface area contributed by atoms with Crippen molar-refractivity contribution >= 4 is 36.0 Å². The molecule has 0 radical (unpaired) electrons. The highest BCUT2D eigenvalue weighted by Gasteiger charge is 2.37. The fourth-order valence-corrected chi connectivity index (χ4v) is 3.59. The molecule has 0 aromatic rings. The predicted octanol–water partition coefficient (Wildman–Crippen LogP) is 0.963. The van der Waals surface area contributed by atoms with E-state index in [0.29, 0.717) is 30.5 Å². The van der Waals surface area contributed by atoms with Crippen LogP contribution in [0.25, 0.3) is 0 Å². The molecule has 0 aromatic heterocycles. The molecule has 0 aromatic carbocycles. The van der Waals surface area contributed by atoms with Crippen molar-refractivity contribution in [3.05, 3.63) is 0 Å². The van der Waals surface area contributed by atoms with E-state index in [9.17, 15) is 9.59 Å². The van der Waals surface area contributed by atoms with E-state index >= 15 is 0 Å². The lowest BCUT2D eigenvalue weighted by atomic mass is 10.1. The monoisotopic (exact) mass is 321 g/mol. The Morgan fingerprint density at radius 2 is 2.15 bits per heavy atom. The summed E-state index contributed by atoms with van der Waals surface area (Å²) in [7, 11) is 0. The smallest absolute Gasteiger partial charge is 0.243 e. The number of nitrogens with zero attached hydrogens (tertiary/aromatic N) is 1. The number of hydrogen-bond donors (Lipinski definition) is 2. The van der Waals surface area contributed by atoms with Crippen LogP contribution in [0.1, 0.15) is 32.6 Å². The highest BCUT2D eigenvalue weighted by molar-refractivity contribution is 7.99. The maximum absolute atomic E-state index is 12.3. The minimum Gasteiger partial charge on any atom is -0.350 e. The summed E-state index contributed by atoms with van der Waals surface area (Å²) in [6.07, 6.45) is 3.65. The largest absolute Gasteiger partial charge is 0.350 e. The Morgan fingerprint density at radius 1 is 1.45 bits per heavy atom. The second kappa shape index (κ2) is 8.10. The Bertz CT molecular complexity index is 353. The van der Waals surface area contributed by atoms with Gasteiger partial charge in [0.25, 0.3) is 0 Å². The third-order valence-electron chi connectivity index (χ3n) is 3.74. The lowest BCUT2D eigenvalue weighted by molar-refractivity contribution is -0.138. The zero-order valence-corrected chi connectivity index (χ0v) is 13.5. The van der Waals surface area contributed by atoms with Crippen LogP contribution in [0, 0.1) is 5.92 Å². The van der Waals surface area contributed by atoms with Gasteiger partial charge in [-0.1, -0.05) is 6.92 Å². The summed E-state index contributed by atoms with van der Waals surface area (Å²) in [5.74, 6) is 1.93. The van der Waals surface area contributed by atoms with Crippen LogP contribution in [0.4, 0.5) is 0 Å². The molecule has 0 bridgehead atoms. The summed E-state index contributed by atoms with van der Waals surface area (Å²) in [5.41, 5.74) is 5.70. The summed E-state index contributed by atoms with van der Waals surface area (Å²) < 4.78 is 0. The summed E-state index contributed by atoms with van der Waals surface area (Å²) in [4.78, 5) is 26.0. The second-order valence-electron chi connectivity index (χ2n) is 5.32. The van der Waals surface area contributed by atoms with E-state index in [1.807, 2.05) is 6.92 Å². The van der Waals surface area contributed by atoms with Gasteiger partial charge in [0, 0.05) is 24.8 Å². The summed E-state index contributed by atoms with van der Waals surface area (Å²) >= 11 is 1.64. The maximum atomic E-state index is 12.3. The molecule has 1 aliphatic carbocycles. The minimum atomic E-state index is -0.308. The molecule has 1 saturated carbocycles. The van der Waals surface area contributed by atoms with Crippen LogP contribution in [0.5, 0.6) is 0 Å². The van der Waals surface area contributed by atoms with Gasteiger partial charge >= 0.3 is 0 Å². The first kappa shape index (κ1) is 17.6. The number of amides is 2. The van der Waals surface area contributed by atoms with Crippen LogP contribution in [0.15, 0.2) is 0 Å². The molecule has 7 heteroatoms. The van der Waals surface area contributed by atoms with Crippen LogP contribution in [0.2, 0.25) is 0 Å². The molecule has 116 valence electrons. The quantitative estimate of drug-likeness (QED) is 0.764. The van der Waals surface area contributed by atoms with Gasteiger partial charge < -0.3 is 16.0 Å². The molecular weight excluding hydrogens is 298 g/mol. The zero-order chi connectivity index (χ0) is 13.8. The Hall–Kier alpha value is -0.460. The van der Waals surface area contributed by atoms with Crippen molar-refractivity contribution in [1.29, 1.82) is 0 Å². The number of rotatable bonds is 6. The molecule has 5 nitrogen and oxygen atoms in total. The van der Waals surface area contributed by atoms with Gasteiger partial charge in [-0.3, -0.25) is 9.59 Å². The van der Waals surface area contributed by atoms with Crippen molar-refractivity contribution in [3.63, 3.8) is 0 Å². The number of nitrogens with one attached hydrogen (secondary N) is 1. The Morgan fingerprint density at radius 3 is 2.70 bits per heavy atom. The van der Waals surface area contributed by atoms with Crippen molar-refractivity contribution in [2.75, 3.05) is 18.2 Å². The molecule has 2 unspecified atom stereocenters. The first-order valence-electron chi connectivity index (χ1n) is 7.05. The van der Waals surface area contributed by atoms with Crippen LogP contribution >= 0.6 is 24.2 Å². The number of halogens is 1. The first-order chi connectivity index (χ1) is 9.17. The summed E-state index contributed by atoms with van der Waals surface area (Å²) in [5, 5.41) is 3.03.